The second-order valence-corrected chi connectivity index (χ2v) is 2.96. The molecule has 0 aromatic carbocycles. The Labute approximate surface area is 65.9 Å². The maximum atomic E-state index is 10.1. The van der Waals surface area contributed by atoms with E-state index >= 15 is 0 Å². The second kappa shape index (κ2) is 3.53. The lowest BCUT2D eigenvalue weighted by Crippen LogP contribution is -2.22. The van der Waals surface area contributed by atoms with Gasteiger partial charge in [-0.25, -0.2) is 4.79 Å². The molecule has 0 bridgehead atoms. The van der Waals surface area contributed by atoms with Crippen LogP contribution >= 0.6 is 0 Å². The Morgan fingerprint density at radius 2 is 2.27 bits per heavy atom. The minimum absolute atomic E-state index is 0.172. The maximum absolute atomic E-state index is 10.1. The molecule has 1 saturated carbocycles. The van der Waals surface area contributed by atoms with E-state index in [1.165, 1.54) is 6.08 Å². The van der Waals surface area contributed by atoms with Crippen molar-refractivity contribution in [2.75, 3.05) is 0 Å². The molecule has 0 aromatic heterocycles. The molecular formula is C8H13NO2. The van der Waals surface area contributed by atoms with E-state index in [2.05, 4.69) is 0 Å². The summed E-state index contributed by atoms with van der Waals surface area (Å²) < 4.78 is 0. The third-order valence-electron chi connectivity index (χ3n) is 2.11. The molecule has 62 valence electrons. The zero-order valence-electron chi connectivity index (χ0n) is 6.36. The van der Waals surface area contributed by atoms with E-state index in [-0.39, 0.29) is 12.0 Å². The summed E-state index contributed by atoms with van der Waals surface area (Å²) in [6.45, 7) is 0. The first kappa shape index (κ1) is 8.27. The summed E-state index contributed by atoms with van der Waals surface area (Å²) in [6.07, 6.45) is 6.07. The fourth-order valence-corrected chi connectivity index (χ4v) is 1.46. The molecule has 3 N–H and O–H groups in total. The Kier molecular flexibility index (Phi) is 2.65. The highest BCUT2D eigenvalue weighted by Crippen LogP contribution is 2.24. The van der Waals surface area contributed by atoms with Crippen molar-refractivity contribution in [2.45, 2.75) is 25.3 Å². The molecule has 3 nitrogen and oxygen atoms in total. The number of nitrogens with two attached hydrogens (primary N) is 1. The van der Waals surface area contributed by atoms with E-state index in [9.17, 15) is 4.79 Å². The Morgan fingerprint density at radius 3 is 2.73 bits per heavy atom. The van der Waals surface area contributed by atoms with Gasteiger partial charge in [-0.3, -0.25) is 0 Å². The summed E-state index contributed by atoms with van der Waals surface area (Å²) in [4.78, 5) is 10.1. The molecule has 1 aliphatic carbocycles. The van der Waals surface area contributed by atoms with Crippen LogP contribution in [0.5, 0.6) is 0 Å². The zero-order chi connectivity index (χ0) is 8.27. The first-order valence-electron chi connectivity index (χ1n) is 3.87. The van der Waals surface area contributed by atoms with Crippen LogP contribution in [0, 0.1) is 5.92 Å². The Hall–Kier alpha value is -0.830. The number of carboxylic acids is 1. The van der Waals surface area contributed by atoms with Gasteiger partial charge in [-0.05, 0) is 18.8 Å². The highest BCUT2D eigenvalue weighted by molar-refractivity contribution is 5.79. The van der Waals surface area contributed by atoms with Gasteiger partial charge in [-0.2, -0.15) is 0 Å². The van der Waals surface area contributed by atoms with Gasteiger partial charge in [0.15, 0.2) is 0 Å². The third kappa shape index (κ3) is 2.35. The van der Waals surface area contributed by atoms with Crippen molar-refractivity contribution in [3.63, 3.8) is 0 Å². The quantitative estimate of drug-likeness (QED) is 0.578. The highest BCUT2D eigenvalue weighted by atomic mass is 16.4. The van der Waals surface area contributed by atoms with E-state index in [4.69, 9.17) is 10.8 Å². The van der Waals surface area contributed by atoms with Crippen LogP contribution < -0.4 is 5.73 Å². The Balaban J connectivity index is 2.42. The molecule has 0 aromatic rings. The standard InChI is InChI=1S/C8H13NO2/c9-7-3-1-2-6(7)4-5-8(10)11/h4-7H,1-3,9H2,(H,10,11)/b5-4+/t6-,7+/m0/s1. The molecule has 0 aliphatic heterocycles. The van der Waals surface area contributed by atoms with Gasteiger partial charge in [0.1, 0.15) is 0 Å². The number of rotatable bonds is 2. The van der Waals surface area contributed by atoms with Gasteiger partial charge < -0.3 is 10.8 Å². The largest absolute Gasteiger partial charge is 0.478 e. The molecule has 0 heterocycles. The van der Waals surface area contributed by atoms with Crippen LogP contribution in [0.1, 0.15) is 19.3 Å². The number of hydrogen-bond donors (Lipinski definition) is 2. The van der Waals surface area contributed by atoms with Gasteiger partial charge in [-0.15, -0.1) is 0 Å². The zero-order valence-corrected chi connectivity index (χ0v) is 6.36. The van der Waals surface area contributed by atoms with Crippen LogP contribution in [-0.4, -0.2) is 17.1 Å². The highest BCUT2D eigenvalue weighted by Gasteiger charge is 2.20. The monoisotopic (exact) mass is 155 g/mol. The topological polar surface area (TPSA) is 63.3 Å². The van der Waals surface area contributed by atoms with E-state index in [0.29, 0.717) is 0 Å². The van der Waals surface area contributed by atoms with E-state index in [1.54, 1.807) is 6.08 Å². The molecule has 3 heteroatoms. The third-order valence-corrected chi connectivity index (χ3v) is 2.11. The fraction of sp³-hybridized carbons (Fsp3) is 0.625. The molecular weight excluding hydrogens is 142 g/mol. The smallest absolute Gasteiger partial charge is 0.327 e. The first-order chi connectivity index (χ1) is 5.20. The van der Waals surface area contributed by atoms with Gasteiger partial charge in [0.2, 0.25) is 0 Å². The Bertz CT molecular complexity index is 177. The van der Waals surface area contributed by atoms with Crippen LogP contribution in [0.3, 0.4) is 0 Å². The van der Waals surface area contributed by atoms with Crippen molar-refractivity contribution in [1.82, 2.24) is 0 Å². The molecule has 11 heavy (non-hydrogen) atoms. The normalized spacial score (nSPS) is 31.4. The summed E-state index contributed by atoms with van der Waals surface area (Å²) in [5.74, 6) is -0.602. The lowest BCUT2D eigenvalue weighted by atomic mass is 10.0. The first-order valence-corrected chi connectivity index (χ1v) is 3.87. The number of carbonyl (C=O) groups is 1. The molecule has 0 amide bonds. The van der Waals surface area contributed by atoms with Gasteiger partial charge in [0.05, 0.1) is 0 Å². The lowest BCUT2D eigenvalue weighted by Gasteiger charge is -2.08. The van der Waals surface area contributed by atoms with E-state index < -0.39 is 5.97 Å². The van der Waals surface area contributed by atoms with Crippen LogP contribution in [0.25, 0.3) is 0 Å². The maximum Gasteiger partial charge on any atom is 0.327 e. The molecule has 1 aliphatic rings. The van der Waals surface area contributed by atoms with Gasteiger partial charge in [0.25, 0.3) is 0 Å². The van der Waals surface area contributed by atoms with Gasteiger partial charge in [0, 0.05) is 12.1 Å². The molecule has 0 saturated heterocycles. The Morgan fingerprint density at radius 1 is 1.55 bits per heavy atom. The number of carboxylic acid groups (broad SMARTS) is 1. The minimum Gasteiger partial charge on any atom is -0.478 e. The minimum atomic E-state index is -0.885. The van der Waals surface area contributed by atoms with Gasteiger partial charge >= 0.3 is 5.97 Å². The van der Waals surface area contributed by atoms with Crippen LogP contribution in [0.4, 0.5) is 0 Å². The van der Waals surface area contributed by atoms with Crippen LogP contribution in [0.2, 0.25) is 0 Å². The van der Waals surface area contributed by atoms with Crippen LogP contribution in [0.15, 0.2) is 12.2 Å². The van der Waals surface area contributed by atoms with Crippen molar-refractivity contribution < 1.29 is 9.90 Å². The van der Waals surface area contributed by atoms with Crippen molar-refractivity contribution in [3.05, 3.63) is 12.2 Å². The fourth-order valence-electron chi connectivity index (χ4n) is 1.46. The molecule has 1 rings (SSSR count). The number of aliphatic carboxylic acids is 1. The summed E-state index contributed by atoms with van der Waals surface area (Å²) in [6, 6.07) is 0.172. The summed E-state index contributed by atoms with van der Waals surface area (Å²) in [7, 11) is 0. The predicted molar refractivity (Wildman–Crippen MR) is 42.1 cm³/mol. The lowest BCUT2D eigenvalue weighted by molar-refractivity contribution is -0.131. The van der Waals surface area contributed by atoms with Gasteiger partial charge in [-0.1, -0.05) is 12.5 Å². The van der Waals surface area contributed by atoms with Crippen molar-refractivity contribution in [2.24, 2.45) is 11.7 Å². The molecule has 0 radical (unpaired) electrons. The van der Waals surface area contributed by atoms with Crippen LogP contribution in [-0.2, 0) is 4.79 Å². The number of hydrogen-bond acceptors (Lipinski definition) is 2. The van der Waals surface area contributed by atoms with Crippen molar-refractivity contribution in [3.8, 4) is 0 Å². The van der Waals surface area contributed by atoms with E-state index in [0.717, 1.165) is 19.3 Å². The summed E-state index contributed by atoms with van der Waals surface area (Å²) >= 11 is 0. The summed E-state index contributed by atoms with van der Waals surface area (Å²) in [5, 5.41) is 8.33. The van der Waals surface area contributed by atoms with Crippen molar-refractivity contribution in [1.29, 1.82) is 0 Å². The average molecular weight is 155 g/mol. The average Bonchev–Trinajstić information content (AvgIpc) is 2.31. The second-order valence-electron chi connectivity index (χ2n) is 2.96. The molecule has 0 unspecified atom stereocenters. The summed E-state index contributed by atoms with van der Waals surface area (Å²) in [5.41, 5.74) is 5.72. The molecule has 1 fully saturated rings. The molecule has 0 spiro atoms. The van der Waals surface area contributed by atoms with E-state index in [1.807, 2.05) is 0 Å². The SMILES string of the molecule is N[C@@H]1CCC[C@H]1/C=C/C(=O)O. The predicted octanol–water partition coefficient (Wildman–Crippen LogP) is 0.755. The molecule has 2 atom stereocenters. The van der Waals surface area contributed by atoms with Crippen molar-refractivity contribution >= 4 is 5.97 Å².